The zero-order valence-corrected chi connectivity index (χ0v) is 9.90. The van der Waals surface area contributed by atoms with Crippen LogP contribution in [0.1, 0.15) is 21.6 Å². The molecule has 88 valence electrons. The van der Waals surface area contributed by atoms with E-state index in [1.807, 2.05) is 42.0 Å². The Bertz CT molecular complexity index is 558. The van der Waals surface area contributed by atoms with E-state index in [0.29, 0.717) is 5.69 Å². The number of aryl methyl sites for hydroxylation is 2. The quantitative estimate of drug-likeness (QED) is 0.468. The van der Waals surface area contributed by atoms with Gasteiger partial charge in [-0.2, -0.15) is 0 Å². The van der Waals surface area contributed by atoms with Gasteiger partial charge in [0.25, 0.3) is 5.91 Å². The van der Waals surface area contributed by atoms with Crippen LogP contribution in [-0.2, 0) is 0 Å². The van der Waals surface area contributed by atoms with E-state index in [1.54, 1.807) is 6.07 Å². The molecule has 0 aliphatic heterocycles. The van der Waals surface area contributed by atoms with Gasteiger partial charge in [0.1, 0.15) is 5.69 Å². The highest BCUT2D eigenvalue weighted by molar-refractivity contribution is 5.92. The predicted octanol–water partition coefficient (Wildman–Crippen LogP) is 1.70. The number of nitrogens with one attached hydrogen (secondary N) is 1. The van der Waals surface area contributed by atoms with Crippen LogP contribution >= 0.6 is 0 Å². The highest BCUT2D eigenvalue weighted by Gasteiger charge is 2.10. The molecule has 0 saturated carbocycles. The Morgan fingerprint density at radius 2 is 2.00 bits per heavy atom. The van der Waals surface area contributed by atoms with Crippen molar-refractivity contribution in [3.8, 4) is 5.69 Å². The molecule has 0 bridgehead atoms. The van der Waals surface area contributed by atoms with E-state index in [9.17, 15) is 4.79 Å². The third-order valence-corrected chi connectivity index (χ3v) is 2.88. The van der Waals surface area contributed by atoms with Gasteiger partial charge in [0.05, 0.1) is 0 Å². The zero-order chi connectivity index (χ0) is 12.4. The molecular weight excluding hydrogens is 214 g/mol. The fourth-order valence-corrected chi connectivity index (χ4v) is 1.74. The van der Waals surface area contributed by atoms with E-state index in [1.165, 1.54) is 11.1 Å². The van der Waals surface area contributed by atoms with Gasteiger partial charge in [0.15, 0.2) is 0 Å². The molecule has 0 aliphatic carbocycles. The van der Waals surface area contributed by atoms with Gasteiger partial charge >= 0.3 is 0 Å². The average molecular weight is 229 g/mol. The number of amides is 1. The second kappa shape index (κ2) is 4.43. The topological polar surface area (TPSA) is 60.0 Å². The van der Waals surface area contributed by atoms with Crippen LogP contribution < -0.4 is 11.3 Å². The molecule has 4 nitrogen and oxygen atoms in total. The third-order valence-electron chi connectivity index (χ3n) is 2.88. The van der Waals surface area contributed by atoms with Crippen molar-refractivity contribution in [1.29, 1.82) is 0 Å². The lowest BCUT2D eigenvalue weighted by Crippen LogP contribution is -2.31. The number of nitrogens with two attached hydrogens (primary N) is 1. The number of hydrogen-bond donors (Lipinski definition) is 2. The fraction of sp³-hybridized carbons (Fsp3) is 0.154. The maximum absolute atomic E-state index is 11.6. The molecule has 0 spiro atoms. The number of nitrogen functional groups attached to an aromatic ring is 1. The summed E-state index contributed by atoms with van der Waals surface area (Å²) in [4.78, 5) is 11.6. The smallest absolute Gasteiger partial charge is 0.282 e. The van der Waals surface area contributed by atoms with Crippen LogP contribution in [0.25, 0.3) is 5.69 Å². The standard InChI is InChI=1S/C13H15N3O/c1-9-5-6-11(8-10(9)2)16-7-3-4-12(16)13(17)15-14/h3-8H,14H2,1-2H3,(H,15,17). The Morgan fingerprint density at radius 3 is 2.65 bits per heavy atom. The molecule has 0 fully saturated rings. The lowest BCUT2D eigenvalue weighted by atomic mass is 10.1. The van der Waals surface area contributed by atoms with Gasteiger partial charge in [-0.05, 0) is 49.2 Å². The summed E-state index contributed by atoms with van der Waals surface area (Å²) in [6.07, 6.45) is 1.84. The molecule has 0 atom stereocenters. The Hall–Kier alpha value is -2.07. The summed E-state index contributed by atoms with van der Waals surface area (Å²) in [5.41, 5.74) is 6.04. The highest BCUT2D eigenvalue weighted by atomic mass is 16.2. The predicted molar refractivity (Wildman–Crippen MR) is 66.9 cm³/mol. The number of hydrazine groups is 1. The summed E-state index contributed by atoms with van der Waals surface area (Å²) in [6.45, 7) is 4.10. The molecule has 1 aromatic heterocycles. The summed E-state index contributed by atoms with van der Waals surface area (Å²) in [7, 11) is 0. The molecule has 1 aromatic carbocycles. The number of rotatable bonds is 2. The molecule has 1 amide bonds. The van der Waals surface area contributed by atoms with Crippen molar-refractivity contribution < 1.29 is 4.79 Å². The first-order chi connectivity index (χ1) is 8.13. The molecule has 2 rings (SSSR count). The van der Waals surface area contributed by atoms with Crippen LogP contribution in [0.4, 0.5) is 0 Å². The van der Waals surface area contributed by atoms with Crippen LogP contribution in [0.3, 0.4) is 0 Å². The molecule has 0 unspecified atom stereocenters. The van der Waals surface area contributed by atoms with Crippen molar-refractivity contribution in [2.24, 2.45) is 5.84 Å². The highest BCUT2D eigenvalue weighted by Crippen LogP contribution is 2.16. The molecule has 0 radical (unpaired) electrons. The third kappa shape index (κ3) is 2.07. The van der Waals surface area contributed by atoms with Crippen molar-refractivity contribution in [2.45, 2.75) is 13.8 Å². The lowest BCUT2D eigenvalue weighted by Gasteiger charge is -2.10. The second-order valence-electron chi connectivity index (χ2n) is 4.01. The van der Waals surface area contributed by atoms with Crippen LogP contribution in [0.5, 0.6) is 0 Å². The molecule has 4 heteroatoms. The second-order valence-corrected chi connectivity index (χ2v) is 4.01. The minimum Gasteiger partial charge on any atom is -0.312 e. The van der Waals surface area contributed by atoms with Crippen molar-refractivity contribution in [1.82, 2.24) is 9.99 Å². The zero-order valence-electron chi connectivity index (χ0n) is 9.90. The van der Waals surface area contributed by atoms with Gasteiger partial charge in [-0.15, -0.1) is 0 Å². The van der Waals surface area contributed by atoms with Gasteiger partial charge in [-0.25, -0.2) is 5.84 Å². The first-order valence-electron chi connectivity index (χ1n) is 5.39. The van der Waals surface area contributed by atoms with Crippen molar-refractivity contribution in [2.75, 3.05) is 0 Å². The summed E-state index contributed by atoms with van der Waals surface area (Å²) >= 11 is 0. The van der Waals surface area contributed by atoms with Crippen LogP contribution in [0.15, 0.2) is 36.5 Å². The molecule has 0 saturated heterocycles. The van der Waals surface area contributed by atoms with Crippen molar-refractivity contribution in [3.05, 3.63) is 53.3 Å². The van der Waals surface area contributed by atoms with Gasteiger partial charge < -0.3 is 4.57 Å². The van der Waals surface area contributed by atoms with Crippen LogP contribution in [0.2, 0.25) is 0 Å². The van der Waals surface area contributed by atoms with Crippen molar-refractivity contribution in [3.63, 3.8) is 0 Å². The number of benzene rings is 1. The molecule has 1 heterocycles. The summed E-state index contributed by atoms with van der Waals surface area (Å²) in [5, 5.41) is 0. The summed E-state index contributed by atoms with van der Waals surface area (Å²) in [5.74, 6) is 4.85. The summed E-state index contributed by atoms with van der Waals surface area (Å²) < 4.78 is 1.81. The maximum Gasteiger partial charge on any atom is 0.282 e. The Labute approximate surface area is 100 Å². The maximum atomic E-state index is 11.6. The Morgan fingerprint density at radius 1 is 1.24 bits per heavy atom. The Balaban J connectivity index is 2.50. The first-order valence-corrected chi connectivity index (χ1v) is 5.39. The largest absolute Gasteiger partial charge is 0.312 e. The molecule has 0 aliphatic rings. The number of hydrogen-bond acceptors (Lipinski definition) is 2. The average Bonchev–Trinajstić information content (AvgIpc) is 2.80. The van der Waals surface area contributed by atoms with Gasteiger partial charge in [-0.3, -0.25) is 10.2 Å². The van der Waals surface area contributed by atoms with E-state index in [2.05, 4.69) is 12.3 Å². The molecule has 3 N–H and O–H groups in total. The van der Waals surface area contributed by atoms with Crippen LogP contribution in [0, 0.1) is 13.8 Å². The van der Waals surface area contributed by atoms with E-state index in [-0.39, 0.29) is 5.91 Å². The van der Waals surface area contributed by atoms with E-state index in [0.717, 1.165) is 5.69 Å². The summed E-state index contributed by atoms with van der Waals surface area (Å²) in [6, 6.07) is 9.62. The Kier molecular flexibility index (Phi) is 2.97. The minimum absolute atomic E-state index is 0.298. The normalized spacial score (nSPS) is 10.3. The van der Waals surface area contributed by atoms with E-state index < -0.39 is 0 Å². The fourth-order valence-electron chi connectivity index (χ4n) is 1.74. The first kappa shape index (κ1) is 11.4. The lowest BCUT2D eigenvalue weighted by molar-refractivity contribution is 0.0947. The van der Waals surface area contributed by atoms with Crippen LogP contribution in [-0.4, -0.2) is 10.5 Å². The van der Waals surface area contributed by atoms with Gasteiger partial charge in [0.2, 0.25) is 0 Å². The van der Waals surface area contributed by atoms with Gasteiger partial charge in [0, 0.05) is 11.9 Å². The monoisotopic (exact) mass is 229 g/mol. The minimum atomic E-state index is -0.298. The van der Waals surface area contributed by atoms with E-state index >= 15 is 0 Å². The number of carbonyl (C=O) groups excluding carboxylic acids is 1. The van der Waals surface area contributed by atoms with E-state index in [4.69, 9.17) is 5.84 Å². The molecule has 17 heavy (non-hydrogen) atoms. The van der Waals surface area contributed by atoms with Gasteiger partial charge in [-0.1, -0.05) is 6.07 Å². The number of carbonyl (C=O) groups is 1. The molecule has 2 aromatic rings. The van der Waals surface area contributed by atoms with Crippen molar-refractivity contribution >= 4 is 5.91 Å². The molecular formula is C13H15N3O. The SMILES string of the molecule is Cc1ccc(-n2cccc2C(=O)NN)cc1C. The number of aromatic nitrogens is 1. The number of nitrogens with zero attached hydrogens (tertiary/aromatic N) is 1.